The number of carbonyl (C=O) groups is 1. The number of aromatic amines is 1. The SMILES string of the molecule is O=C(NCc1nc2ccccc2[nH]1)c1ccc(-c2nc3ccccc3s2)s1. The number of para-hydroxylation sites is 3. The van der Waals surface area contributed by atoms with Gasteiger partial charge in [-0.1, -0.05) is 24.3 Å². The number of hydrogen-bond donors (Lipinski definition) is 2. The van der Waals surface area contributed by atoms with Gasteiger partial charge >= 0.3 is 0 Å². The molecule has 2 aromatic carbocycles. The largest absolute Gasteiger partial charge is 0.344 e. The predicted molar refractivity (Wildman–Crippen MR) is 110 cm³/mol. The zero-order valence-corrected chi connectivity index (χ0v) is 15.7. The van der Waals surface area contributed by atoms with Crippen molar-refractivity contribution in [2.24, 2.45) is 0 Å². The second-order valence-electron chi connectivity index (χ2n) is 6.03. The summed E-state index contributed by atoms with van der Waals surface area (Å²) in [6.45, 7) is 0.363. The molecule has 3 aromatic heterocycles. The van der Waals surface area contributed by atoms with Crippen molar-refractivity contribution in [3.05, 3.63) is 71.4 Å². The van der Waals surface area contributed by atoms with Crippen molar-refractivity contribution < 1.29 is 4.79 Å². The average Bonchev–Trinajstić information content (AvgIpc) is 3.42. The van der Waals surface area contributed by atoms with Crippen molar-refractivity contribution in [2.45, 2.75) is 6.54 Å². The molecule has 0 spiro atoms. The van der Waals surface area contributed by atoms with Crippen molar-refractivity contribution in [3.8, 4) is 9.88 Å². The van der Waals surface area contributed by atoms with Crippen LogP contribution in [0.3, 0.4) is 0 Å². The third-order valence-electron chi connectivity index (χ3n) is 4.19. The van der Waals surface area contributed by atoms with Crippen LogP contribution < -0.4 is 5.32 Å². The molecule has 2 N–H and O–H groups in total. The molecule has 3 heterocycles. The Morgan fingerprint density at radius 2 is 1.74 bits per heavy atom. The minimum Gasteiger partial charge on any atom is -0.344 e. The predicted octanol–water partition coefficient (Wildman–Crippen LogP) is 4.83. The minimum atomic E-state index is -0.104. The molecule has 0 aliphatic rings. The summed E-state index contributed by atoms with van der Waals surface area (Å²) in [5.41, 5.74) is 2.86. The summed E-state index contributed by atoms with van der Waals surface area (Å²) in [6, 6.07) is 19.7. The van der Waals surface area contributed by atoms with Gasteiger partial charge in [-0.3, -0.25) is 4.79 Å². The minimum absolute atomic E-state index is 0.104. The van der Waals surface area contributed by atoms with Crippen LogP contribution in [0.25, 0.3) is 31.1 Å². The van der Waals surface area contributed by atoms with E-state index in [1.165, 1.54) is 11.3 Å². The van der Waals surface area contributed by atoms with Crippen molar-refractivity contribution in [1.29, 1.82) is 0 Å². The number of carbonyl (C=O) groups excluding carboxylic acids is 1. The normalized spacial score (nSPS) is 11.3. The van der Waals surface area contributed by atoms with E-state index in [2.05, 4.69) is 26.3 Å². The molecule has 0 saturated carbocycles. The molecule has 0 bridgehead atoms. The van der Waals surface area contributed by atoms with E-state index in [0.717, 1.165) is 37.0 Å². The molecule has 27 heavy (non-hydrogen) atoms. The second kappa shape index (κ2) is 6.61. The van der Waals surface area contributed by atoms with Gasteiger partial charge in [0.25, 0.3) is 5.91 Å². The first kappa shape index (κ1) is 16.2. The molecule has 5 aromatic rings. The molecule has 0 saturated heterocycles. The number of amides is 1. The molecule has 1 amide bonds. The Bertz CT molecular complexity index is 1200. The van der Waals surface area contributed by atoms with Crippen LogP contribution in [0.15, 0.2) is 60.7 Å². The molecule has 132 valence electrons. The maximum absolute atomic E-state index is 12.5. The first-order valence-corrected chi connectivity index (χ1v) is 10.1. The number of hydrogen-bond acceptors (Lipinski definition) is 5. The summed E-state index contributed by atoms with van der Waals surface area (Å²) >= 11 is 3.10. The van der Waals surface area contributed by atoms with E-state index in [1.54, 1.807) is 11.3 Å². The lowest BCUT2D eigenvalue weighted by atomic mass is 10.3. The molecule has 0 radical (unpaired) electrons. The van der Waals surface area contributed by atoms with Crippen molar-refractivity contribution >= 4 is 49.8 Å². The lowest BCUT2D eigenvalue weighted by Crippen LogP contribution is -2.22. The Kier molecular flexibility index (Phi) is 3.95. The van der Waals surface area contributed by atoms with E-state index in [1.807, 2.05) is 54.6 Å². The van der Waals surface area contributed by atoms with Gasteiger partial charge in [-0.2, -0.15) is 0 Å². The Morgan fingerprint density at radius 3 is 2.59 bits per heavy atom. The average molecular weight is 390 g/mol. The van der Waals surface area contributed by atoms with Crippen LogP contribution in [0.4, 0.5) is 0 Å². The van der Waals surface area contributed by atoms with Crippen LogP contribution >= 0.6 is 22.7 Å². The Labute approximate surface area is 162 Å². The fraction of sp³-hybridized carbons (Fsp3) is 0.0500. The summed E-state index contributed by atoms with van der Waals surface area (Å²) in [7, 11) is 0. The highest BCUT2D eigenvalue weighted by Crippen LogP contribution is 2.34. The number of benzene rings is 2. The summed E-state index contributed by atoms with van der Waals surface area (Å²) in [5, 5.41) is 3.87. The first-order chi connectivity index (χ1) is 13.3. The zero-order chi connectivity index (χ0) is 18.2. The maximum atomic E-state index is 12.5. The van der Waals surface area contributed by atoms with E-state index in [0.29, 0.717) is 11.4 Å². The Balaban J connectivity index is 1.32. The van der Waals surface area contributed by atoms with E-state index in [-0.39, 0.29) is 5.91 Å². The van der Waals surface area contributed by atoms with Gasteiger partial charge in [0.15, 0.2) is 0 Å². The molecule has 5 nitrogen and oxygen atoms in total. The van der Waals surface area contributed by atoms with Gasteiger partial charge in [-0.25, -0.2) is 9.97 Å². The lowest BCUT2D eigenvalue weighted by Gasteiger charge is -2.00. The molecule has 0 atom stereocenters. The van der Waals surface area contributed by atoms with Gasteiger partial charge in [0.05, 0.1) is 37.5 Å². The smallest absolute Gasteiger partial charge is 0.261 e. The molecule has 0 aliphatic heterocycles. The van der Waals surface area contributed by atoms with Crippen LogP contribution in [0, 0.1) is 0 Å². The van der Waals surface area contributed by atoms with Gasteiger partial charge in [0.1, 0.15) is 10.8 Å². The molecular formula is C20H14N4OS2. The molecule has 7 heteroatoms. The number of nitrogens with one attached hydrogen (secondary N) is 2. The quantitative estimate of drug-likeness (QED) is 0.462. The van der Waals surface area contributed by atoms with E-state index in [9.17, 15) is 4.79 Å². The van der Waals surface area contributed by atoms with Gasteiger partial charge in [0.2, 0.25) is 0 Å². The molecule has 5 rings (SSSR count). The van der Waals surface area contributed by atoms with Gasteiger partial charge < -0.3 is 10.3 Å². The highest BCUT2D eigenvalue weighted by atomic mass is 32.1. The van der Waals surface area contributed by atoms with Crippen molar-refractivity contribution in [3.63, 3.8) is 0 Å². The lowest BCUT2D eigenvalue weighted by molar-refractivity contribution is 0.0954. The number of H-pyrrole nitrogens is 1. The summed E-state index contributed by atoms with van der Waals surface area (Å²) in [5.74, 6) is 0.639. The summed E-state index contributed by atoms with van der Waals surface area (Å²) < 4.78 is 1.15. The van der Waals surface area contributed by atoms with Crippen LogP contribution in [0.2, 0.25) is 0 Å². The standard InChI is InChI=1S/C20H14N4OS2/c25-19(21-11-18-22-12-5-1-2-6-13(12)23-18)16-9-10-17(26-16)20-24-14-7-3-4-8-15(14)27-20/h1-10H,11H2,(H,21,25)(H,22,23). The molecular weight excluding hydrogens is 376 g/mol. The summed E-state index contributed by atoms with van der Waals surface area (Å²) in [6.07, 6.45) is 0. The Hall–Kier alpha value is -3.03. The molecule has 0 fully saturated rings. The summed E-state index contributed by atoms with van der Waals surface area (Å²) in [4.78, 5) is 26.5. The maximum Gasteiger partial charge on any atom is 0.261 e. The topological polar surface area (TPSA) is 70.7 Å². The number of nitrogens with zero attached hydrogens (tertiary/aromatic N) is 2. The highest BCUT2D eigenvalue weighted by Gasteiger charge is 2.13. The number of aromatic nitrogens is 3. The third-order valence-corrected chi connectivity index (χ3v) is 6.48. The van der Waals surface area contributed by atoms with Gasteiger partial charge in [0, 0.05) is 0 Å². The van der Waals surface area contributed by atoms with E-state index >= 15 is 0 Å². The highest BCUT2D eigenvalue weighted by molar-refractivity contribution is 7.26. The number of fused-ring (bicyclic) bond motifs is 2. The first-order valence-electron chi connectivity index (χ1n) is 8.44. The fourth-order valence-corrected chi connectivity index (χ4v) is 4.84. The van der Waals surface area contributed by atoms with Gasteiger partial charge in [-0.05, 0) is 36.4 Å². The van der Waals surface area contributed by atoms with Crippen LogP contribution in [-0.2, 0) is 6.54 Å². The third kappa shape index (κ3) is 3.11. The zero-order valence-electron chi connectivity index (χ0n) is 14.1. The van der Waals surface area contributed by atoms with Crippen LogP contribution in [0.5, 0.6) is 0 Å². The number of thiophene rings is 1. The molecule has 0 unspecified atom stereocenters. The van der Waals surface area contributed by atoms with Gasteiger partial charge in [-0.15, -0.1) is 22.7 Å². The second-order valence-corrected chi connectivity index (χ2v) is 8.15. The van der Waals surface area contributed by atoms with Crippen molar-refractivity contribution in [1.82, 2.24) is 20.3 Å². The fourth-order valence-electron chi connectivity index (χ4n) is 2.89. The number of rotatable bonds is 4. The van der Waals surface area contributed by atoms with E-state index < -0.39 is 0 Å². The van der Waals surface area contributed by atoms with Crippen LogP contribution in [0.1, 0.15) is 15.5 Å². The van der Waals surface area contributed by atoms with Crippen LogP contribution in [-0.4, -0.2) is 20.9 Å². The van der Waals surface area contributed by atoms with Crippen molar-refractivity contribution in [2.75, 3.05) is 0 Å². The Morgan fingerprint density at radius 1 is 0.926 bits per heavy atom. The number of thiazole rings is 1. The number of imidazole rings is 1. The molecule has 0 aliphatic carbocycles. The van der Waals surface area contributed by atoms with E-state index in [4.69, 9.17) is 0 Å². The monoisotopic (exact) mass is 390 g/mol.